The van der Waals surface area contributed by atoms with Gasteiger partial charge < -0.3 is 15.2 Å². The van der Waals surface area contributed by atoms with Gasteiger partial charge in [-0.05, 0) is 50.5 Å². The Morgan fingerprint density at radius 3 is 2.63 bits per heavy atom. The molecule has 8 heteroatoms. The number of nitrogens with zero attached hydrogens (tertiary/aromatic N) is 1. The molecular weight excluding hydrogens is 389 g/mol. The van der Waals surface area contributed by atoms with Gasteiger partial charge in [0.25, 0.3) is 5.91 Å². The van der Waals surface area contributed by atoms with Gasteiger partial charge in [0.15, 0.2) is 5.78 Å². The van der Waals surface area contributed by atoms with E-state index in [1.807, 2.05) is 0 Å². The predicted octanol–water partition coefficient (Wildman–Crippen LogP) is 4.16. The molecule has 1 saturated heterocycles. The van der Waals surface area contributed by atoms with Crippen LogP contribution in [0, 0.1) is 0 Å². The topological polar surface area (TPSA) is 82.3 Å². The van der Waals surface area contributed by atoms with E-state index in [0.717, 1.165) is 12.8 Å². The van der Waals surface area contributed by atoms with Crippen LogP contribution in [0.1, 0.15) is 47.0 Å². The van der Waals surface area contributed by atoms with Crippen molar-refractivity contribution in [3.63, 3.8) is 0 Å². The molecule has 2 heterocycles. The molecule has 2 aromatic rings. The first-order valence-electron chi connectivity index (χ1n) is 8.63. The zero-order valence-electron chi connectivity index (χ0n) is 14.7. The second-order valence-electron chi connectivity index (χ2n) is 6.48. The molecule has 6 nitrogen and oxygen atoms in total. The third-order valence-electron chi connectivity index (χ3n) is 4.58. The van der Waals surface area contributed by atoms with Gasteiger partial charge in [-0.1, -0.05) is 23.2 Å². The Bertz CT molecular complexity index is 894. The number of Topliss-reactive ketones (excluding diaryl/α,β-unsaturated/α-hetero) is 1. The number of ketones is 1. The van der Waals surface area contributed by atoms with Crippen molar-refractivity contribution in [2.45, 2.75) is 32.2 Å². The molecule has 1 fully saturated rings. The average Bonchev–Trinajstić information content (AvgIpc) is 3.14. The molecule has 1 unspecified atom stereocenters. The Kier molecular flexibility index (Phi) is 5.87. The third-order valence-corrected chi connectivity index (χ3v) is 5.12. The number of carbonyl (C=O) groups excluding carboxylic acids is 3. The Balaban J connectivity index is 1.78. The lowest BCUT2D eigenvalue weighted by molar-refractivity contribution is -0.121. The Hall–Kier alpha value is -2.31. The molecule has 0 radical (unpaired) electrons. The molecule has 142 valence electrons. The first-order chi connectivity index (χ1) is 12.9. The third kappa shape index (κ3) is 4.34. The first-order valence-corrected chi connectivity index (χ1v) is 9.38. The number of likely N-dealkylation sites (tertiary alicyclic amines) is 1. The number of piperidine rings is 1. The average molecular weight is 408 g/mol. The minimum atomic E-state index is -0.609. The molecule has 0 spiro atoms. The van der Waals surface area contributed by atoms with E-state index in [1.165, 1.54) is 19.2 Å². The van der Waals surface area contributed by atoms with Gasteiger partial charge in [0, 0.05) is 23.3 Å². The zero-order valence-corrected chi connectivity index (χ0v) is 16.2. The van der Waals surface area contributed by atoms with Crippen molar-refractivity contribution in [2.24, 2.45) is 0 Å². The molecule has 1 atom stereocenters. The summed E-state index contributed by atoms with van der Waals surface area (Å²) >= 11 is 12.0. The molecule has 1 aliphatic rings. The van der Waals surface area contributed by atoms with Crippen molar-refractivity contribution in [1.29, 1.82) is 0 Å². The highest BCUT2D eigenvalue weighted by molar-refractivity contribution is 6.36. The number of anilines is 1. The standard InChI is InChI=1S/C19H19Cl2N3O3/c1-11(25)12-8-16(22-10-12)19(27)24-7-3-2-4-17(24)18(26)23-15-6-5-13(20)9-14(15)21/h5-6,8-10,17,22H,2-4,7H2,1H3,(H,23,26). The highest BCUT2D eigenvalue weighted by atomic mass is 35.5. The fraction of sp³-hybridized carbons (Fsp3) is 0.316. The van der Waals surface area contributed by atoms with Gasteiger partial charge in [-0.15, -0.1) is 0 Å². The summed E-state index contributed by atoms with van der Waals surface area (Å²) in [6.07, 6.45) is 3.72. The number of aromatic nitrogens is 1. The summed E-state index contributed by atoms with van der Waals surface area (Å²) in [5.74, 6) is -0.731. The van der Waals surface area contributed by atoms with E-state index in [-0.39, 0.29) is 17.6 Å². The molecule has 1 aromatic heterocycles. The largest absolute Gasteiger partial charge is 0.356 e. The molecule has 3 rings (SSSR count). The zero-order chi connectivity index (χ0) is 19.6. The van der Waals surface area contributed by atoms with E-state index in [9.17, 15) is 14.4 Å². The number of carbonyl (C=O) groups is 3. The number of rotatable bonds is 4. The van der Waals surface area contributed by atoms with Crippen molar-refractivity contribution in [2.75, 3.05) is 11.9 Å². The molecule has 0 bridgehead atoms. The van der Waals surface area contributed by atoms with Crippen LogP contribution in [0.2, 0.25) is 10.0 Å². The number of halogens is 2. The van der Waals surface area contributed by atoms with Crippen molar-refractivity contribution in [3.8, 4) is 0 Å². The predicted molar refractivity (Wildman–Crippen MR) is 105 cm³/mol. The van der Waals surface area contributed by atoms with Crippen LogP contribution < -0.4 is 5.32 Å². The summed E-state index contributed by atoms with van der Waals surface area (Å²) in [6, 6.07) is 5.72. The Labute approximate surface area is 166 Å². The summed E-state index contributed by atoms with van der Waals surface area (Å²) in [7, 11) is 0. The molecule has 2 amide bonds. The fourth-order valence-electron chi connectivity index (χ4n) is 3.13. The number of H-pyrrole nitrogens is 1. The molecule has 0 saturated carbocycles. The highest BCUT2D eigenvalue weighted by Gasteiger charge is 2.33. The number of hydrogen-bond donors (Lipinski definition) is 2. The number of hydrogen-bond acceptors (Lipinski definition) is 3. The number of nitrogens with one attached hydrogen (secondary N) is 2. The van der Waals surface area contributed by atoms with Crippen molar-refractivity contribution in [1.82, 2.24) is 9.88 Å². The summed E-state index contributed by atoms with van der Waals surface area (Å²) in [4.78, 5) is 41.5. The van der Waals surface area contributed by atoms with Gasteiger partial charge >= 0.3 is 0 Å². The molecule has 1 aromatic carbocycles. The van der Waals surface area contributed by atoms with Gasteiger partial charge in [-0.2, -0.15) is 0 Å². The number of benzene rings is 1. The van der Waals surface area contributed by atoms with Crippen LogP contribution in [0.4, 0.5) is 5.69 Å². The quantitative estimate of drug-likeness (QED) is 0.746. The van der Waals surface area contributed by atoms with E-state index in [4.69, 9.17) is 23.2 Å². The molecular formula is C19H19Cl2N3O3. The number of aromatic amines is 1. The highest BCUT2D eigenvalue weighted by Crippen LogP contribution is 2.27. The number of amides is 2. The van der Waals surface area contributed by atoms with Crippen LogP contribution in [-0.2, 0) is 4.79 Å². The lowest BCUT2D eigenvalue weighted by Gasteiger charge is -2.34. The summed E-state index contributed by atoms with van der Waals surface area (Å²) in [5, 5.41) is 3.59. The summed E-state index contributed by atoms with van der Waals surface area (Å²) in [5.41, 5.74) is 1.18. The molecule has 0 aliphatic carbocycles. The second kappa shape index (κ2) is 8.15. The van der Waals surface area contributed by atoms with Gasteiger partial charge in [-0.25, -0.2) is 0 Å². The van der Waals surface area contributed by atoms with E-state index >= 15 is 0 Å². The first kappa shape index (κ1) is 19.5. The lowest BCUT2D eigenvalue weighted by Crippen LogP contribution is -2.50. The maximum absolute atomic E-state index is 12.9. The van der Waals surface area contributed by atoms with Crippen LogP contribution >= 0.6 is 23.2 Å². The summed E-state index contributed by atoms with van der Waals surface area (Å²) < 4.78 is 0. The van der Waals surface area contributed by atoms with E-state index in [2.05, 4.69) is 10.3 Å². The second-order valence-corrected chi connectivity index (χ2v) is 7.33. The van der Waals surface area contributed by atoms with Crippen LogP contribution in [0.25, 0.3) is 0 Å². The van der Waals surface area contributed by atoms with Gasteiger partial charge in [0.1, 0.15) is 11.7 Å². The maximum atomic E-state index is 12.9. The van der Waals surface area contributed by atoms with E-state index in [0.29, 0.717) is 40.0 Å². The van der Waals surface area contributed by atoms with Crippen LogP contribution in [0.3, 0.4) is 0 Å². The Morgan fingerprint density at radius 1 is 1.19 bits per heavy atom. The minimum Gasteiger partial charge on any atom is -0.356 e. The maximum Gasteiger partial charge on any atom is 0.270 e. The van der Waals surface area contributed by atoms with Gasteiger partial charge in [0.2, 0.25) is 5.91 Å². The lowest BCUT2D eigenvalue weighted by atomic mass is 10.0. The smallest absolute Gasteiger partial charge is 0.270 e. The van der Waals surface area contributed by atoms with Crippen LogP contribution in [0.5, 0.6) is 0 Å². The van der Waals surface area contributed by atoms with Crippen molar-refractivity contribution >= 4 is 46.5 Å². The molecule has 27 heavy (non-hydrogen) atoms. The van der Waals surface area contributed by atoms with Crippen molar-refractivity contribution < 1.29 is 14.4 Å². The van der Waals surface area contributed by atoms with E-state index in [1.54, 1.807) is 23.1 Å². The van der Waals surface area contributed by atoms with Crippen LogP contribution in [0.15, 0.2) is 30.5 Å². The SMILES string of the molecule is CC(=O)c1c[nH]c(C(=O)N2CCCCC2C(=O)Nc2ccc(Cl)cc2Cl)c1. The molecule has 2 N–H and O–H groups in total. The normalized spacial score (nSPS) is 16.9. The van der Waals surface area contributed by atoms with Crippen molar-refractivity contribution in [3.05, 3.63) is 51.8 Å². The van der Waals surface area contributed by atoms with Gasteiger partial charge in [-0.3, -0.25) is 14.4 Å². The van der Waals surface area contributed by atoms with Gasteiger partial charge in [0.05, 0.1) is 10.7 Å². The molecule has 1 aliphatic heterocycles. The van der Waals surface area contributed by atoms with E-state index < -0.39 is 6.04 Å². The minimum absolute atomic E-state index is 0.129. The Morgan fingerprint density at radius 2 is 1.96 bits per heavy atom. The summed E-state index contributed by atoms with van der Waals surface area (Å²) in [6.45, 7) is 1.91. The van der Waals surface area contributed by atoms with Crippen LogP contribution in [-0.4, -0.2) is 40.1 Å². The fourth-order valence-corrected chi connectivity index (χ4v) is 3.59. The monoisotopic (exact) mass is 407 g/mol.